The average Bonchev–Trinajstić information content (AvgIpc) is 2.89. The number of ether oxygens (including phenoxy) is 1. The summed E-state index contributed by atoms with van der Waals surface area (Å²) in [5.41, 5.74) is 4.09. The molecule has 0 spiro atoms. The molecule has 0 unspecified atom stereocenters. The molecular weight excluding hydrogens is 253 g/mol. The second kappa shape index (κ2) is 5.53. The molecule has 2 aromatic rings. The standard InChI is InChI=1S/C17H18FNO/c1-12-3-2-4-15(18)17(12)19-9-7-13-5-6-16-14(11-13)8-10-20-16/h2-6,11,19H,7-10H2,1H3. The van der Waals surface area contributed by atoms with Crippen molar-refractivity contribution in [2.45, 2.75) is 19.8 Å². The Hall–Kier alpha value is -2.03. The van der Waals surface area contributed by atoms with E-state index in [-0.39, 0.29) is 5.82 Å². The maximum Gasteiger partial charge on any atom is 0.146 e. The second-order valence-electron chi connectivity index (χ2n) is 5.15. The first kappa shape index (κ1) is 13.0. The van der Waals surface area contributed by atoms with Gasteiger partial charge in [0.05, 0.1) is 12.3 Å². The maximum atomic E-state index is 13.7. The van der Waals surface area contributed by atoms with Crippen LogP contribution in [0.15, 0.2) is 36.4 Å². The van der Waals surface area contributed by atoms with Gasteiger partial charge in [-0.15, -0.1) is 0 Å². The fraction of sp³-hybridized carbons (Fsp3) is 0.294. The number of para-hydroxylation sites is 1. The van der Waals surface area contributed by atoms with Gasteiger partial charge in [0.1, 0.15) is 11.6 Å². The first-order valence-corrected chi connectivity index (χ1v) is 6.97. The van der Waals surface area contributed by atoms with Gasteiger partial charge < -0.3 is 10.1 Å². The molecule has 0 bridgehead atoms. The first-order valence-electron chi connectivity index (χ1n) is 6.97. The molecular formula is C17H18FNO. The van der Waals surface area contributed by atoms with Gasteiger partial charge in [-0.05, 0) is 42.2 Å². The van der Waals surface area contributed by atoms with Crippen molar-refractivity contribution in [2.24, 2.45) is 0 Å². The van der Waals surface area contributed by atoms with Crippen LogP contribution in [-0.2, 0) is 12.8 Å². The van der Waals surface area contributed by atoms with Crippen molar-refractivity contribution in [2.75, 3.05) is 18.5 Å². The van der Waals surface area contributed by atoms with E-state index in [1.165, 1.54) is 17.2 Å². The molecule has 20 heavy (non-hydrogen) atoms. The number of fused-ring (bicyclic) bond motifs is 1. The molecule has 0 fully saturated rings. The van der Waals surface area contributed by atoms with Crippen LogP contribution in [0.25, 0.3) is 0 Å². The highest BCUT2D eigenvalue weighted by molar-refractivity contribution is 5.51. The molecule has 0 saturated carbocycles. The molecule has 1 aliphatic heterocycles. The van der Waals surface area contributed by atoms with Crippen LogP contribution in [0.5, 0.6) is 5.75 Å². The Bertz CT molecular complexity index is 604. The minimum Gasteiger partial charge on any atom is -0.493 e. The Balaban J connectivity index is 1.63. The van der Waals surface area contributed by atoms with Crippen LogP contribution in [0.1, 0.15) is 16.7 Å². The number of hydrogen-bond acceptors (Lipinski definition) is 2. The summed E-state index contributed by atoms with van der Waals surface area (Å²) in [5, 5.41) is 3.19. The van der Waals surface area contributed by atoms with E-state index >= 15 is 0 Å². The van der Waals surface area contributed by atoms with Crippen LogP contribution in [0.4, 0.5) is 10.1 Å². The molecule has 3 heteroatoms. The quantitative estimate of drug-likeness (QED) is 0.915. The third-order valence-corrected chi connectivity index (χ3v) is 3.69. The van der Waals surface area contributed by atoms with E-state index in [4.69, 9.17) is 4.74 Å². The second-order valence-corrected chi connectivity index (χ2v) is 5.15. The topological polar surface area (TPSA) is 21.3 Å². The predicted octanol–water partition coefficient (Wildman–Crippen LogP) is 3.72. The fourth-order valence-corrected chi connectivity index (χ4v) is 2.58. The van der Waals surface area contributed by atoms with E-state index in [0.717, 1.165) is 37.3 Å². The zero-order chi connectivity index (χ0) is 13.9. The molecule has 104 valence electrons. The Morgan fingerprint density at radius 2 is 2.15 bits per heavy atom. The van der Waals surface area contributed by atoms with E-state index < -0.39 is 0 Å². The molecule has 2 aromatic carbocycles. The normalized spacial score (nSPS) is 12.9. The maximum absolute atomic E-state index is 13.7. The van der Waals surface area contributed by atoms with Gasteiger partial charge in [-0.2, -0.15) is 0 Å². The summed E-state index contributed by atoms with van der Waals surface area (Å²) >= 11 is 0. The third-order valence-electron chi connectivity index (χ3n) is 3.69. The smallest absolute Gasteiger partial charge is 0.146 e. The highest BCUT2D eigenvalue weighted by Crippen LogP contribution is 2.26. The van der Waals surface area contributed by atoms with Gasteiger partial charge in [-0.3, -0.25) is 0 Å². The molecule has 0 radical (unpaired) electrons. The third kappa shape index (κ3) is 2.62. The van der Waals surface area contributed by atoms with Crippen molar-refractivity contribution < 1.29 is 9.13 Å². The summed E-state index contributed by atoms with van der Waals surface area (Å²) in [6.45, 7) is 3.42. The van der Waals surface area contributed by atoms with Gasteiger partial charge in [-0.1, -0.05) is 24.3 Å². The van der Waals surface area contributed by atoms with Gasteiger partial charge in [0, 0.05) is 13.0 Å². The number of anilines is 1. The number of nitrogens with one attached hydrogen (secondary N) is 1. The molecule has 0 saturated heterocycles. The minimum atomic E-state index is -0.188. The average molecular weight is 271 g/mol. The molecule has 0 atom stereocenters. The largest absolute Gasteiger partial charge is 0.493 e. The van der Waals surface area contributed by atoms with Crippen LogP contribution in [-0.4, -0.2) is 13.2 Å². The summed E-state index contributed by atoms with van der Waals surface area (Å²) in [4.78, 5) is 0. The minimum absolute atomic E-state index is 0.188. The van der Waals surface area contributed by atoms with E-state index in [0.29, 0.717) is 5.69 Å². The van der Waals surface area contributed by atoms with Crippen molar-refractivity contribution in [3.63, 3.8) is 0 Å². The van der Waals surface area contributed by atoms with E-state index in [1.807, 2.05) is 19.1 Å². The van der Waals surface area contributed by atoms with Crippen molar-refractivity contribution in [1.29, 1.82) is 0 Å². The molecule has 0 aromatic heterocycles. The van der Waals surface area contributed by atoms with Gasteiger partial charge >= 0.3 is 0 Å². The molecule has 3 rings (SSSR count). The summed E-state index contributed by atoms with van der Waals surface area (Å²) in [6, 6.07) is 11.4. The molecule has 0 amide bonds. The summed E-state index contributed by atoms with van der Waals surface area (Å²) in [6.07, 6.45) is 1.87. The lowest BCUT2D eigenvalue weighted by Crippen LogP contribution is -2.07. The molecule has 0 aliphatic carbocycles. The number of halogens is 1. The molecule has 2 nitrogen and oxygen atoms in total. The van der Waals surface area contributed by atoms with E-state index in [9.17, 15) is 4.39 Å². The summed E-state index contributed by atoms with van der Waals surface area (Å²) in [7, 11) is 0. The van der Waals surface area contributed by atoms with Gasteiger partial charge in [0.2, 0.25) is 0 Å². The van der Waals surface area contributed by atoms with Gasteiger partial charge in [-0.25, -0.2) is 4.39 Å². The van der Waals surface area contributed by atoms with Gasteiger partial charge in [0.25, 0.3) is 0 Å². The molecule has 1 N–H and O–H groups in total. The van der Waals surface area contributed by atoms with Crippen LogP contribution >= 0.6 is 0 Å². The van der Waals surface area contributed by atoms with Crippen molar-refractivity contribution in [3.05, 3.63) is 58.9 Å². The van der Waals surface area contributed by atoms with E-state index in [1.54, 1.807) is 6.07 Å². The fourth-order valence-electron chi connectivity index (χ4n) is 2.58. The molecule has 1 aliphatic rings. The lowest BCUT2D eigenvalue weighted by Gasteiger charge is -2.11. The summed E-state index contributed by atoms with van der Waals surface area (Å²) in [5.74, 6) is 0.819. The number of aryl methyl sites for hydroxylation is 1. The van der Waals surface area contributed by atoms with Crippen molar-refractivity contribution in [3.8, 4) is 5.75 Å². The first-order chi connectivity index (χ1) is 9.74. The number of hydrogen-bond donors (Lipinski definition) is 1. The SMILES string of the molecule is Cc1cccc(F)c1NCCc1ccc2c(c1)CCO2. The number of rotatable bonds is 4. The Labute approximate surface area is 118 Å². The van der Waals surface area contributed by atoms with Crippen molar-refractivity contribution >= 4 is 5.69 Å². The van der Waals surface area contributed by atoms with E-state index in [2.05, 4.69) is 17.4 Å². The van der Waals surface area contributed by atoms with Crippen LogP contribution in [0, 0.1) is 12.7 Å². The zero-order valence-corrected chi connectivity index (χ0v) is 11.6. The van der Waals surface area contributed by atoms with Crippen molar-refractivity contribution in [1.82, 2.24) is 0 Å². The van der Waals surface area contributed by atoms with Crippen LogP contribution < -0.4 is 10.1 Å². The lowest BCUT2D eigenvalue weighted by atomic mass is 10.1. The van der Waals surface area contributed by atoms with Gasteiger partial charge in [0.15, 0.2) is 0 Å². The Morgan fingerprint density at radius 3 is 3.00 bits per heavy atom. The Morgan fingerprint density at radius 1 is 1.25 bits per heavy atom. The highest BCUT2D eigenvalue weighted by Gasteiger charge is 2.12. The van der Waals surface area contributed by atoms with Crippen LogP contribution in [0.2, 0.25) is 0 Å². The highest BCUT2D eigenvalue weighted by atomic mass is 19.1. The summed E-state index contributed by atoms with van der Waals surface area (Å²) < 4.78 is 19.2. The number of benzene rings is 2. The lowest BCUT2D eigenvalue weighted by molar-refractivity contribution is 0.357. The van der Waals surface area contributed by atoms with Crippen LogP contribution in [0.3, 0.4) is 0 Å². The molecule has 1 heterocycles. The Kier molecular flexibility index (Phi) is 3.59. The predicted molar refractivity (Wildman–Crippen MR) is 79.0 cm³/mol. The zero-order valence-electron chi connectivity index (χ0n) is 11.6. The monoisotopic (exact) mass is 271 g/mol.